The van der Waals surface area contributed by atoms with Crippen LogP contribution >= 0.6 is 0 Å². The van der Waals surface area contributed by atoms with Crippen molar-refractivity contribution in [3.8, 4) is 0 Å². The van der Waals surface area contributed by atoms with Gasteiger partial charge >= 0.3 is 12.8 Å². The number of amides is 2. The summed E-state index contributed by atoms with van der Waals surface area (Å²) in [7, 11) is 0. The zero-order valence-electron chi connectivity index (χ0n) is 4.23. The summed E-state index contributed by atoms with van der Waals surface area (Å²) in [4.78, 5) is 18.8. The monoisotopic (exact) mass is 114 g/mol. The zero-order chi connectivity index (χ0) is 6.24. The summed E-state index contributed by atoms with van der Waals surface area (Å²) >= 11 is 0. The van der Waals surface area contributed by atoms with Crippen LogP contribution < -0.4 is 10.6 Å². The number of carbonyl (C=O) groups excluding carboxylic acids is 2. The highest BCUT2D eigenvalue weighted by atomic mass is 16.1. The summed E-state index contributed by atoms with van der Waals surface area (Å²) in [6.07, 6.45) is 2.91. The van der Waals surface area contributed by atoms with Gasteiger partial charge < -0.3 is 10.6 Å². The molecule has 0 rings (SSSR count). The average molecular weight is 114 g/mol. The number of rotatable bonds is 5. The molecule has 0 aromatic rings. The van der Waals surface area contributed by atoms with Crippen molar-refractivity contribution >= 4 is 12.8 Å². The van der Waals surface area contributed by atoms with Crippen molar-refractivity contribution in [3.05, 3.63) is 0 Å². The molecule has 0 bridgehead atoms. The highest BCUT2D eigenvalue weighted by Crippen LogP contribution is 1.47. The van der Waals surface area contributed by atoms with Gasteiger partial charge in [0.1, 0.15) is 0 Å². The Balaban J connectivity index is 2.71. The van der Waals surface area contributed by atoms with E-state index >= 15 is 0 Å². The predicted molar refractivity (Wildman–Crippen MR) is 27.4 cm³/mol. The maximum absolute atomic E-state index is 9.41. The van der Waals surface area contributed by atoms with Crippen molar-refractivity contribution in [2.45, 2.75) is 0 Å². The van der Waals surface area contributed by atoms with E-state index in [0.717, 1.165) is 0 Å². The van der Waals surface area contributed by atoms with Crippen molar-refractivity contribution in [1.82, 2.24) is 10.6 Å². The lowest BCUT2D eigenvalue weighted by Gasteiger charge is -1.92. The van der Waals surface area contributed by atoms with Crippen LogP contribution in [0, 0.1) is 0 Å². The summed E-state index contributed by atoms with van der Waals surface area (Å²) < 4.78 is 0. The molecule has 0 aliphatic carbocycles. The lowest BCUT2D eigenvalue weighted by molar-refractivity contribution is 0.533. The highest BCUT2D eigenvalue weighted by molar-refractivity contribution is 5.48. The summed E-state index contributed by atoms with van der Waals surface area (Å²) in [5.74, 6) is 0. The van der Waals surface area contributed by atoms with E-state index in [-0.39, 0.29) is 0 Å². The van der Waals surface area contributed by atoms with Crippen LogP contribution in [0.4, 0.5) is 0 Å². The number of hydrogen-bond donors (Lipinski definition) is 2. The van der Waals surface area contributed by atoms with Gasteiger partial charge in [0.15, 0.2) is 0 Å². The van der Waals surface area contributed by atoms with Crippen molar-refractivity contribution in [2.24, 2.45) is 0 Å². The molecule has 2 amide bonds. The van der Waals surface area contributed by atoms with E-state index in [1.807, 2.05) is 0 Å². The van der Waals surface area contributed by atoms with Crippen LogP contribution in [-0.4, -0.2) is 25.9 Å². The quantitative estimate of drug-likeness (QED) is 0.330. The first-order chi connectivity index (χ1) is 3.91. The van der Waals surface area contributed by atoms with E-state index in [4.69, 9.17) is 0 Å². The topological polar surface area (TPSA) is 58.2 Å². The molecule has 0 saturated carbocycles. The number of hydrogen-bond acceptors (Lipinski definition) is 2. The van der Waals surface area contributed by atoms with Gasteiger partial charge in [0, 0.05) is 13.1 Å². The Hall–Kier alpha value is -1.06. The molecule has 4 nitrogen and oxygen atoms in total. The Morgan fingerprint density at radius 1 is 1.00 bits per heavy atom. The molecule has 0 aliphatic rings. The lowest BCUT2D eigenvalue weighted by Crippen LogP contribution is -2.25. The molecule has 0 unspecified atom stereocenters. The van der Waals surface area contributed by atoms with Gasteiger partial charge in [0.2, 0.25) is 0 Å². The molecule has 0 saturated heterocycles. The molecule has 0 spiro atoms. The minimum absolute atomic E-state index is 0.402. The van der Waals surface area contributed by atoms with Gasteiger partial charge in [0.05, 0.1) is 0 Å². The van der Waals surface area contributed by atoms with Crippen LogP contribution in [0.3, 0.4) is 0 Å². The van der Waals surface area contributed by atoms with Crippen LogP contribution in [0.15, 0.2) is 0 Å². The Kier molecular flexibility index (Phi) is 5.15. The van der Waals surface area contributed by atoms with Crippen LogP contribution in [0.5, 0.6) is 0 Å². The molecule has 0 aromatic carbocycles. The van der Waals surface area contributed by atoms with Crippen molar-refractivity contribution in [3.63, 3.8) is 0 Å². The number of nitrogens with one attached hydrogen (secondary N) is 2. The molecule has 44 valence electrons. The van der Waals surface area contributed by atoms with Gasteiger partial charge in [-0.15, -0.1) is 0 Å². The molecule has 2 N–H and O–H groups in total. The largest absolute Gasteiger partial charge is 0.346 e. The summed E-state index contributed by atoms with van der Waals surface area (Å²) in [5, 5.41) is 4.47. The molecule has 2 radical (unpaired) electrons. The van der Waals surface area contributed by atoms with E-state index < -0.39 is 0 Å². The second kappa shape index (κ2) is 5.94. The third-order valence-corrected chi connectivity index (χ3v) is 0.519. The Morgan fingerprint density at radius 2 is 1.38 bits per heavy atom. The normalized spacial score (nSPS) is 7.50. The minimum Gasteiger partial charge on any atom is -0.346 e. The lowest BCUT2D eigenvalue weighted by atomic mass is 10.6. The molecule has 0 fully saturated rings. The van der Waals surface area contributed by atoms with E-state index in [1.54, 1.807) is 0 Å². The van der Waals surface area contributed by atoms with Crippen LogP contribution in [0.25, 0.3) is 0 Å². The second-order valence-electron chi connectivity index (χ2n) is 1.06. The van der Waals surface area contributed by atoms with Crippen LogP contribution in [-0.2, 0) is 9.59 Å². The summed E-state index contributed by atoms with van der Waals surface area (Å²) in [5.41, 5.74) is 0. The minimum atomic E-state index is 0.402. The van der Waals surface area contributed by atoms with Crippen molar-refractivity contribution < 1.29 is 9.59 Å². The van der Waals surface area contributed by atoms with E-state index in [9.17, 15) is 9.59 Å². The maximum Gasteiger partial charge on any atom is 0.309 e. The van der Waals surface area contributed by atoms with Gasteiger partial charge in [0.25, 0.3) is 0 Å². The van der Waals surface area contributed by atoms with Gasteiger partial charge in [-0.25, -0.2) is 0 Å². The van der Waals surface area contributed by atoms with Crippen LogP contribution in [0.2, 0.25) is 0 Å². The second-order valence-corrected chi connectivity index (χ2v) is 1.06. The standard InChI is InChI=1S/C4H6N2O2/c7-3-5-1-2-6-4-8/h1-2H2,(H,5,7)(H,6,8). The fourth-order valence-electron chi connectivity index (χ4n) is 0.227. The molecule has 0 aromatic heterocycles. The molecular weight excluding hydrogens is 108 g/mol. The van der Waals surface area contributed by atoms with E-state index in [2.05, 4.69) is 10.6 Å². The zero-order valence-corrected chi connectivity index (χ0v) is 4.23. The third-order valence-electron chi connectivity index (χ3n) is 0.519. The van der Waals surface area contributed by atoms with Gasteiger partial charge in [-0.1, -0.05) is 0 Å². The first kappa shape index (κ1) is 6.94. The van der Waals surface area contributed by atoms with Gasteiger partial charge in [-0.2, -0.15) is 0 Å². The first-order valence-electron chi connectivity index (χ1n) is 2.12. The van der Waals surface area contributed by atoms with Gasteiger partial charge in [-0.3, -0.25) is 9.59 Å². The van der Waals surface area contributed by atoms with E-state index in [0.29, 0.717) is 13.1 Å². The van der Waals surface area contributed by atoms with Crippen molar-refractivity contribution in [1.29, 1.82) is 0 Å². The fourth-order valence-corrected chi connectivity index (χ4v) is 0.227. The predicted octanol–water partition coefficient (Wildman–Crippen LogP) is -1.70. The molecular formula is C4H6N2O2. The Bertz CT molecular complexity index is 64.4. The van der Waals surface area contributed by atoms with Gasteiger partial charge in [-0.05, 0) is 0 Å². The van der Waals surface area contributed by atoms with Crippen LogP contribution in [0.1, 0.15) is 0 Å². The third kappa shape index (κ3) is 4.94. The molecule has 4 heteroatoms. The molecule has 0 aliphatic heterocycles. The Labute approximate surface area is 47.3 Å². The smallest absolute Gasteiger partial charge is 0.309 e. The fraction of sp³-hybridized carbons (Fsp3) is 0.500. The first-order valence-corrected chi connectivity index (χ1v) is 2.12. The molecule has 0 heterocycles. The summed E-state index contributed by atoms with van der Waals surface area (Å²) in [6.45, 7) is 0.803. The SMILES string of the molecule is O=[C]NCCN[C]=O. The highest BCUT2D eigenvalue weighted by Gasteiger charge is 1.79. The van der Waals surface area contributed by atoms with E-state index in [1.165, 1.54) is 12.8 Å². The maximum atomic E-state index is 9.41. The molecule has 0 atom stereocenters. The average Bonchev–Trinajstić information content (AvgIpc) is 1.81. The Morgan fingerprint density at radius 3 is 1.62 bits per heavy atom. The van der Waals surface area contributed by atoms with Crippen molar-refractivity contribution in [2.75, 3.05) is 13.1 Å². The molecule has 8 heavy (non-hydrogen) atoms. The summed E-state index contributed by atoms with van der Waals surface area (Å²) in [6, 6.07) is 0.